The quantitative estimate of drug-likeness (QED) is 0.683. The SMILES string of the molecule is Cn1c(-c2ccccc2)nn(C[NH+]2CCN(c3cccc(Cl)c3)CC2)c1=S. The molecule has 1 aromatic heterocycles. The van der Waals surface area contributed by atoms with Crippen LogP contribution in [0.3, 0.4) is 0 Å². The smallest absolute Gasteiger partial charge is 0.202 e. The number of quaternary nitrogens is 1. The lowest BCUT2D eigenvalue weighted by atomic mass is 10.2. The number of halogens is 1. The molecule has 1 fully saturated rings. The van der Waals surface area contributed by atoms with E-state index >= 15 is 0 Å². The molecule has 0 atom stereocenters. The standard InChI is InChI=1S/C20H22ClN5S/c1-23-19(16-6-3-2-4-7-16)22-26(20(23)27)15-24-10-12-25(13-11-24)18-9-5-8-17(21)14-18/h2-9,14H,10-13,15H2,1H3/p+1. The molecule has 0 aliphatic carbocycles. The third-order valence-corrected chi connectivity index (χ3v) is 5.81. The summed E-state index contributed by atoms with van der Waals surface area (Å²) in [6.45, 7) is 4.89. The molecule has 0 bridgehead atoms. The highest BCUT2D eigenvalue weighted by Crippen LogP contribution is 2.19. The molecule has 0 saturated carbocycles. The Balaban J connectivity index is 1.45. The van der Waals surface area contributed by atoms with Crippen LogP contribution >= 0.6 is 23.8 Å². The molecule has 4 rings (SSSR count). The first-order chi connectivity index (χ1) is 13.1. The van der Waals surface area contributed by atoms with E-state index in [0.717, 1.165) is 54.0 Å². The molecule has 3 aromatic rings. The Bertz CT molecular complexity index is 974. The average Bonchev–Trinajstić information content (AvgIpc) is 2.98. The molecular formula is C20H23ClN5S+. The number of rotatable bonds is 4. The van der Waals surface area contributed by atoms with Gasteiger partial charge in [-0.05, 0) is 30.4 Å². The Kier molecular flexibility index (Phi) is 5.29. The van der Waals surface area contributed by atoms with E-state index in [2.05, 4.69) is 23.1 Å². The van der Waals surface area contributed by atoms with E-state index in [-0.39, 0.29) is 0 Å². The number of hydrogen-bond acceptors (Lipinski definition) is 3. The lowest BCUT2D eigenvalue weighted by molar-refractivity contribution is -0.924. The normalized spacial score (nSPS) is 15.3. The summed E-state index contributed by atoms with van der Waals surface area (Å²) in [6.07, 6.45) is 0. The van der Waals surface area contributed by atoms with Gasteiger partial charge in [-0.1, -0.05) is 48.0 Å². The first-order valence-electron chi connectivity index (χ1n) is 9.15. The minimum absolute atomic E-state index is 0.763. The summed E-state index contributed by atoms with van der Waals surface area (Å²) >= 11 is 11.7. The number of benzene rings is 2. The molecule has 7 heteroatoms. The number of nitrogens with one attached hydrogen (secondary N) is 1. The van der Waals surface area contributed by atoms with Gasteiger partial charge in [0, 0.05) is 23.3 Å². The summed E-state index contributed by atoms with van der Waals surface area (Å²) in [5, 5.41) is 5.57. The van der Waals surface area contributed by atoms with Crippen LogP contribution in [0.2, 0.25) is 5.02 Å². The van der Waals surface area contributed by atoms with Crippen LogP contribution < -0.4 is 9.80 Å². The molecule has 1 aliphatic rings. The van der Waals surface area contributed by atoms with Crippen molar-refractivity contribution in [1.82, 2.24) is 14.3 Å². The van der Waals surface area contributed by atoms with Gasteiger partial charge in [0.15, 0.2) is 12.5 Å². The highest BCUT2D eigenvalue weighted by Gasteiger charge is 2.22. The van der Waals surface area contributed by atoms with Crippen molar-refractivity contribution in [2.24, 2.45) is 7.05 Å². The zero-order chi connectivity index (χ0) is 18.8. The molecule has 2 aromatic carbocycles. The minimum Gasteiger partial charge on any atom is -0.360 e. The monoisotopic (exact) mass is 400 g/mol. The topological polar surface area (TPSA) is 30.4 Å². The Labute approximate surface area is 169 Å². The highest BCUT2D eigenvalue weighted by molar-refractivity contribution is 7.71. The van der Waals surface area contributed by atoms with Gasteiger partial charge in [0.25, 0.3) is 0 Å². The number of aromatic nitrogens is 3. The van der Waals surface area contributed by atoms with Gasteiger partial charge < -0.3 is 14.4 Å². The van der Waals surface area contributed by atoms with E-state index in [4.69, 9.17) is 28.9 Å². The number of anilines is 1. The van der Waals surface area contributed by atoms with Crippen LogP contribution in [-0.4, -0.2) is 40.5 Å². The van der Waals surface area contributed by atoms with Crippen molar-refractivity contribution in [1.29, 1.82) is 0 Å². The van der Waals surface area contributed by atoms with Crippen molar-refractivity contribution in [3.63, 3.8) is 0 Å². The number of piperazine rings is 1. The van der Waals surface area contributed by atoms with E-state index in [0.29, 0.717) is 0 Å². The third kappa shape index (κ3) is 3.93. The summed E-state index contributed by atoms with van der Waals surface area (Å²) in [5.41, 5.74) is 2.29. The summed E-state index contributed by atoms with van der Waals surface area (Å²) in [6, 6.07) is 18.3. The Morgan fingerprint density at radius 1 is 1.07 bits per heavy atom. The lowest BCUT2D eigenvalue weighted by Gasteiger charge is -2.33. The van der Waals surface area contributed by atoms with Crippen LogP contribution in [0.5, 0.6) is 0 Å². The summed E-state index contributed by atoms with van der Waals surface area (Å²) in [4.78, 5) is 3.88. The van der Waals surface area contributed by atoms with Crippen molar-refractivity contribution in [2.75, 3.05) is 31.1 Å². The predicted octanol–water partition coefficient (Wildman–Crippen LogP) is 2.63. The van der Waals surface area contributed by atoms with Crippen LogP contribution in [0.25, 0.3) is 11.4 Å². The molecular weight excluding hydrogens is 378 g/mol. The molecule has 2 heterocycles. The van der Waals surface area contributed by atoms with Crippen LogP contribution in [0.4, 0.5) is 5.69 Å². The maximum atomic E-state index is 6.13. The summed E-state index contributed by atoms with van der Waals surface area (Å²) < 4.78 is 4.72. The lowest BCUT2D eigenvalue weighted by Crippen LogP contribution is -3.14. The van der Waals surface area contributed by atoms with Crippen LogP contribution in [0, 0.1) is 4.77 Å². The van der Waals surface area contributed by atoms with Gasteiger partial charge >= 0.3 is 0 Å². The molecule has 0 spiro atoms. The molecule has 0 unspecified atom stereocenters. The van der Waals surface area contributed by atoms with Gasteiger partial charge in [-0.25, -0.2) is 0 Å². The molecule has 1 aliphatic heterocycles. The number of hydrogen-bond donors (Lipinski definition) is 1. The van der Waals surface area contributed by atoms with Gasteiger partial charge in [-0.2, -0.15) is 4.68 Å². The fourth-order valence-corrected chi connectivity index (χ4v) is 3.93. The van der Waals surface area contributed by atoms with Crippen LogP contribution in [-0.2, 0) is 13.7 Å². The van der Waals surface area contributed by atoms with E-state index in [9.17, 15) is 0 Å². The van der Waals surface area contributed by atoms with Crippen molar-refractivity contribution in [3.8, 4) is 11.4 Å². The maximum Gasteiger partial charge on any atom is 0.202 e. The number of nitrogens with zero attached hydrogens (tertiary/aromatic N) is 4. The van der Waals surface area contributed by atoms with E-state index in [1.54, 1.807) is 0 Å². The summed E-state index contributed by atoms with van der Waals surface area (Å²) in [7, 11) is 1.99. The minimum atomic E-state index is 0.763. The first-order valence-corrected chi connectivity index (χ1v) is 9.94. The zero-order valence-electron chi connectivity index (χ0n) is 15.3. The van der Waals surface area contributed by atoms with Gasteiger partial charge in [0.2, 0.25) is 4.77 Å². The van der Waals surface area contributed by atoms with E-state index < -0.39 is 0 Å². The van der Waals surface area contributed by atoms with Gasteiger partial charge in [0.1, 0.15) is 0 Å². The molecule has 0 radical (unpaired) electrons. The second-order valence-electron chi connectivity index (χ2n) is 6.91. The zero-order valence-corrected chi connectivity index (χ0v) is 16.9. The van der Waals surface area contributed by atoms with Crippen molar-refractivity contribution in [2.45, 2.75) is 6.67 Å². The fourth-order valence-electron chi connectivity index (χ4n) is 3.55. The highest BCUT2D eigenvalue weighted by atomic mass is 35.5. The third-order valence-electron chi connectivity index (χ3n) is 5.09. The van der Waals surface area contributed by atoms with Crippen LogP contribution in [0.1, 0.15) is 0 Å². The Hall–Kier alpha value is -2.15. The Morgan fingerprint density at radius 2 is 1.81 bits per heavy atom. The van der Waals surface area contributed by atoms with Gasteiger partial charge in [-0.15, -0.1) is 5.10 Å². The van der Waals surface area contributed by atoms with E-state index in [1.807, 2.05) is 52.7 Å². The Morgan fingerprint density at radius 3 is 2.52 bits per heavy atom. The molecule has 1 N–H and O–H groups in total. The van der Waals surface area contributed by atoms with E-state index in [1.165, 1.54) is 10.6 Å². The molecule has 5 nitrogen and oxygen atoms in total. The second kappa shape index (κ2) is 7.84. The molecule has 1 saturated heterocycles. The van der Waals surface area contributed by atoms with Crippen molar-refractivity contribution in [3.05, 3.63) is 64.4 Å². The predicted molar refractivity (Wildman–Crippen MR) is 112 cm³/mol. The molecule has 27 heavy (non-hydrogen) atoms. The largest absolute Gasteiger partial charge is 0.360 e. The molecule has 0 amide bonds. The average molecular weight is 401 g/mol. The van der Waals surface area contributed by atoms with Crippen LogP contribution in [0.15, 0.2) is 54.6 Å². The second-order valence-corrected chi connectivity index (χ2v) is 7.71. The first kappa shape index (κ1) is 18.2. The van der Waals surface area contributed by atoms with Crippen molar-refractivity contribution < 1.29 is 4.90 Å². The van der Waals surface area contributed by atoms with Crippen molar-refractivity contribution >= 4 is 29.5 Å². The van der Waals surface area contributed by atoms with Gasteiger partial charge in [-0.3, -0.25) is 0 Å². The maximum absolute atomic E-state index is 6.13. The summed E-state index contributed by atoms with van der Waals surface area (Å²) in [5.74, 6) is 0.914. The molecule has 140 valence electrons. The fraction of sp³-hybridized carbons (Fsp3) is 0.300. The van der Waals surface area contributed by atoms with Gasteiger partial charge in [0.05, 0.1) is 26.2 Å².